The van der Waals surface area contributed by atoms with E-state index in [4.69, 9.17) is 4.74 Å². The zero-order valence-electron chi connectivity index (χ0n) is 66.4. The van der Waals surface area contributed by atoms with E-state index in [1.165, 1.54) is 0 Å². The monoisotopic (exact) mass is 1700 g/mol. The Morgan fingerprint density at radius 1 is 0.505 bits per heavy atom. The molecule has 3 aromatic heterocycles. The fourth-order valence-electron chi connectivity index (χ4n) is 25.6. The Morgan fingerprint density at radius 2 is 0.856 bits per heavy atom. The fourth-order valence-corrected chi connectivity index (χ4v) is 26.0. The molecule has 1 saturated heterocycles. The number of Topliss-reactive ketones (excluding diaryl/α,β-unsaturated/α-hetero) is 3. The SMILES string of the molecule is C[C@@]1(O)CC[C@@]2(F)[C@H](CC[C@H]3[C@@H]4CC[C@@H](C(=O)Cn5cc(C(F)(F)F)cn5)[C@@]4(C)CC[C@@H]32)C1.C[C@@]1(O)CC[C@@]2(F)[C@H](CC[C@H]3[C@@H]4CC[C@H](C(=O)Cn5cc(C(F)(F)F)cn5)[C@@]4(C)CC[C@@H]32)C1.C[C@@]1(O)CC[C@]2(F)C3CC[C@]4(C)[C@@H](C(=O)CBr)CC[C@H]4[C@@H]3CC[C@@H]2C1.FC(F)(F)c1cn[nH]c1.O=C(O[O-])C1CCCO1.[H-].[K+].[K+]. The summed E-state index contributed by atoms with van der Waals surface area (Å²) in [5, 5.41) is 54.1. The van der Waals surface area contributed by atoms with Crippen molar-refractivity contribution in [3.63, 3.8) is 0 Å². The third-order valence-corrected chi connectivity index (χ3v) is 31.4. The summed E-state index contributed by atoms with van der Waals surface area (Å²) in [4.78, 5) is 52.4. The molecule has 0 radical (unpaired) electrons. The number of alkyl halides is 13. The third kappa shape index (κ3) is 18.8. The molecule has 0 amide bonds. The second kappa shape index (κ2) is 34.7. The number of halogens is 13. The number of aromatic amines is 1. The van der Waals surface area contributed by atoms with E-state index in [0.29, 0.717) is 107 Å². The summed E-state index contributed by atoms with van der Waals surface area (Å²) in [6, 6.07) is 0. The normalized spacial score (nSPS) is 42.4. The van der Waals surface area contributed by atoms with Crippen molar-refractivity contribution in [2.45, 2.75) is 299 Å². The Balaban J connectivity index is 0.000000172. The van der Waals surface area contributed by atoms with Gasteiger partial charge in [-0.15, -0.1) is 0 Å². The third-order valence-electron chi connectivity index (χ3n) is 30.9. The van der Waals surface area contributed by atoms with Crippen molar-refractivity contribution < 1.29 is 206 Å². The molecule has 111 heavy (non-hydrogen) atoms. The van der Waals surface area contributed by atoms with Gasteiger partial charge in [-0.3, -0.25) is 28.8 Å². The van der Waals surface area contributed by atoms with Gasteiger partial charge in [-0.05, 0) is 294 Å². The van der Waals surface area contributed by atoms with E-state index in [9.17, 15) is 79.3 Å². The van der Waals surface area contributed by atoms with Gasteiger partial charge in [0.1, 0.15) is 22.8 Å². The van der Waals surface area contributed by atoms with E-state index in [-0.39, 0.29) is 222 Å². The molecule has 4 heterocycles. The van der Waals surface area contributed by atoms with Crippen LogP contribution in [0.25, 0.3) is 0 Å². The van der Waals surface area contributed by atoms with Crippen LogP contribution in [0.15, 0.2) is 37.2 Å². The van der Waals surface area contributed by atoms with Crippen molar-refractivity contribution in [2.75, 3.05) is 11.9 Å². The molecule has 2 unspecified atom stereocenters. The van der Waals surface area contributed by atoms with Crippen molar-refractivity contribution in [3.05, 3.63) is 53.9 Å². The zero-order valence-corrected chi connectivity index (χ0v) is 73.2. The molecule has 12 aliphatic carbocycles. The second-order valence-electron chi connectivity index (χ2n) is 37.1. The van der Waals surface area contributed by atoms with Crippen LogP contribution < -0.4 is 108 Å². The maximum atomic E-state index is 16.4. The van der Waals surface area contributed by atoms with Crippen LogP contribution in [0.5, 0.6) is 0 Å². The number of rotatable bonds is 9. The minimum absolute atomic E-state index is 0. The number of aromatic nitrogens is 6. The first-order chi connectivity index (χ1) is 50.8. The van der Waals surface area contributed by atoms with Crippen molar-refractivity contribution in [1.29, 1.82) is 0 Å². The van der Waals surface area contributed by atoms with Crippen LogP contribution >= 0.6 is 15.9 Å². The summed E-state index contributed by atoms with van der Waals surface area (Å²) in [5.74, 6) is 1.10. The van der Waals surface area contributed by atoms with E-state index < -0.39 is 81.1 Å². The van der Waals surface area contributed by atoms with Crippen LogP contribution in [0.2, 0.25) is 0 Å². The van der Waals surface area contributed by atoms with Gasteiger partial charge in [-0.2, -0.15) is 54.8 Å². The minimum atomic E-state index is -4.47. The summed E-state index contributed by atoms with van der Waals surface area (Å²) < 4.78 is 168. The van der Waals surface area contributed by atoms with Gasteiger partial charge >= 0.3 is 127 Å². The van der Waals surface area contributed by atoms with Gasteiger partial charge in [-0.1, -0.05) is 36.7 Å². The molecule has 13 aliphatic rings. The molecule has 12 saturated carbocycles. The van der Waals surface area contributed by atoms with Crippen molar-refractivity contribution >= 4 is 39.2 Å². The van der Waals surface area contributed by atoms with Crippen LogP contribution in [-0.4, -0.2) is 120 Å². The van der Waals surface area contributed by atoms with Crippen LogP contribution in [0.4, 0.5) is 52.7 Å². The number of H-pyrrole nitrogens is 1. The first-order valence-corrected chi connectivity index (χ1v) is 41.0. The maximum Gasteiger partial charge on any atom is 1.00 e. The molecular weight excluding hydrogens is 1590 g/mol. The molecule has 31 heteroatoms. The Hall–Kier alpha value is -1.18. The molecule has 16 nitrogen and oxygen atoms in total. The van der Waals surface area contributed by atoms with Gasteiger partial charge in [-0.25, -0.2) is 18.0 Å². The molecule has 0 aromatic carbocycles. The summed E-state index contributed by atoms with van der Waals surface area (Å²) in [6.07, 6.45) is 12.8. The number of nitrogens with one attached hydrogen (secondary N) is 1. The van der Waals surface area contributed by atoms with Crippen molar-refractivity contribution in [1.82, 2.24) is 29.8 Å². The number of carbonyl (C=O) groups is 4. The Labute approximate surface area is 737 Å². The number of ether oxygens (including phenoxy) is 1. The van der Waals surface area contributed by atoms with Crippen molar-refractivity contribution in [2.24, 2.45) is 105 Å². The predicted octanol–water partition coefficient (Wildman–Crippen LogP) is 10.8. The van der Waals surface area contributed by atoms with E-state index in [1.54, 1.807) is 0 Å². The van der Waals surface area contributed by atoms with Gasteiger partial charge in [0, 0.05) is 43.0 Å². The summed E-state index contributed by atoms with van der Waals surface area (Å²) in [7, 11) is 0. The number of fused-ring (bicyclic) bond motifs is 15. The molecule has 16 rings (SSSR count). The number of nitrogens with zero attached hydrogens (tertiary/aromatic N) is 5. The number of hydrogen-bond donors (Lipinski definition) is 4. The number of carbonyl (C=O) groups excluding carboxylic acids is 4. The van der Waals surface area contributed by atoms with E-state index >= 15 is 13.2 Å². The summed E-state index contributed by atoms with van der Waals surface area (Å²) >= 11 is 3.37. The zero-order chi connectivity index (χ0) is 79.3. The molecular formula is C80H111BrF12K2N6O10. The molecule has 3 aromatic rings. The number of hydrogen-bond acceptors (Lipinski definition) is 13. The number of ketones is 3. The van der Waals surface area contributed by atoms with Gasteiger partial charge in [0.25, 0.3) is 0 Å². The van der Waals surface area contributed by atoms with E-state index in [1.807, 2.05) is 20.8 Å². The van der Waals surface area contributed by atoms with Crippen LogP contribution in [-0.2, 0) is 60.4 Å². The summed E-state index contributed by atoms with van der Waals surface area (Å²) in [6.45, 7) is 12.4. The molecule has 0 spiro atoms. The first kappa shape index (κ1) is 92.1. The minimum Gasteiger partial charge on any atom is -1.00 e. The number of aliphatic hydroxyl groups is 3. The Morgan fingerprint density at radius 3 is 1.14 bits per heavy atom. The average molecular weight is 1700 g/mol. The van der Waals surface area contributed by atoms with E-state index in [2.05, 4.69) is 62.0 Å². The Bertz CT molecular complexity index is 3570. The van der Waals surface area contributed by atoms with E-state index in [0.717, 1.165) is 156 Å². The van der Waals surface area contributed by atoms with Gasteiger partial charge in [0.05, 0.1) is 70.5 Å². The van der Waals surface area contributed by atoms with Crippen LogP contribution in [0.3, 0.4) is 0 Å². The topological polar surface area (TPSA) is 235 Å². The van der Waals surface area contributed by atoms with Crippen LogP contribution in [0, 0.1) is 105 Å². The quantitative estimate of drug-likeness (QED) is 0.0514. The second-order valence-corrected chi connectivity index (χ2v) is 37.7. The largest absolute Gasteiger partial charge is 1.00 e. The molecule has 614 valence electrons. The van der Waals surface area contributed by atoms with Gasteiger partial charge < -0.3 is 31.6 Å². The molecule has 0 bridgehead atoms. The molecule has 13 fully saturated rings. The predicted molar refractivity (Wildman–Crippen MR) is 378 cm³/mol. The first-order valence-electron chi connectivity index (χ1n) is 39.9. The van der Waals surface area contributed by atoms with Gasteiger partial charge in [0.2, 0.25) is 0 Å². The van der Waals surface area contributed by atoms with Crippen LogP contribution in [0.1, 0.15) is 246 Å². The maximum absolute atomic E-state index is 16.4. The molecule has 25 atom stereocenters. The molecule has 4 N–H and O–H groups in total. The Kier molecular flexibility index (Phi) is 28.8. The molecule has 1 aliphatic heterocycles. The van der Waals surface area contributed by atoms with Gasteiger partial charge in [0.15, 0.2) is 17.7 Å². The fraction of sp³-hybridized carbons (Fsp3) is 0.838. The van der Waals surface area contributed by atoms with Crippen molar-refractivity contribution in [3.8, 4) is 0 Å². The summed E-state index contributed by atoms with van der Waals surface area (Å²) in [5.41, 5.74) is -8.60. The smallest absolute Gasteiger partial charge is 1.00 e. The average Bonchev–Trinajstić information content (AvgIpc) is 1.38. The standard InChI is InChI=1S/2C25H34F4N2O2.C21H32BrFO2.C5H8O4.C4H3F3N2.2K.H/c2*1-22(33)9-10-24(26)15(11-22)3-4-17-18-5-6-20(23(18,2)8-7-19(17)24)21(32)14-31-13-16(12-30-31)25(27,28)29;1-19(25)9-10-21(23)13(11-19)3-4-14-15-5-6-17(18(24)12-22)20(15,2)8-7-16(14)21;6-5(9-7)4-2-1-3-8-4;5-4(6,7)3-1-8-9-2-3;;;/h2*12-13,15,17-20,33H,3-11,14H2,1-2H3;13-17,25H,3-12H2,1-2H3;4,7H,1-3H2;1-2H,(H,8,9);;;/q;;;;;2*+1;-1/p-1/t15-,17+,18+,19+,20+,22-,23+,24-;15-,17+,18+,19+,20-,22-,23+,24-;13-,14+,15+,16?,17-,19-,20+,21-;;;;;/m111...../s1.